The van der Waals surface area contributed by atoms with Crippen molar-refractivity contribution in [3.63, 3.8) is 0 Å². The largest absolute Gasteiger partial charge is 0.466 e. The maximum Gasteiger partial charge on any atom is 0.313 e. The highest BCUT2D eigenvalue weighted by Gasteiger charge is 2.28. The van der Waals surface area contributed by atoms with Crippen LogP contribution in [-0.2, 0) is 14.3 Å². The highest BCUT2D eigenvalue weighted by Crippen LogP contribution is 2.39. The van der Waals surface area contributed by atoms with Gasteiger partial charge in [0.25, 0.3) is 0 Å². The highest BCUT2D eigenvalue weighted by atomic mass is 19.1. The Hall–Kier alpha value is -3.39. The number of halogens is 1. The van der Waals surface area contributed by atoms with Gasteiger partial charge in [0.05, 0.1) is 18.2 Å². The Balaban J connectivity index is 2.06. The van der Waals surface area contributed by atoms with E-state index in [-0.39, 0.29) is 24.8 Å². The molecule has 27 heavy (non-hydrogen) atoms. The molecular formula is C22H18FNO3. The number of benzene rings is 2. The molecule has 0 unspecified atom stereocenters. The summed E-state index contributed by atoms with van der Waals surface area (Å²) in [6.45, 7) is 2.01. The van der Waals surface area contributed by atoms with Crippen molar-refractivity contribution in [2.75, 3.05) is 6.61 Å². The lowest BCUT2D eigenvalue weighted by Crippen LogP contribution is -2.14. The molecule has 0 saturated carbocycles. The van der Waals surface area contributed by atoms with E-state index in [1.54, 1.807) is 25.1 Å². The van der Waals surface area contributed by atoms with Crippen molar-refractivity contribution in [3.8, 4) is 6.07 Å². The molecule has 1 aliphatic heterocycles. The third-order valence-corrected chi connectivity index (χ3v) is 4.15. The van der Waals surface area contributed by atoms with E-state index in [0.717, 1.165) is 5.56 Å². The summed E-state index contributed by atoms with van der Waals surface area (Å²) in [5.41, 5.74) is 1.88. The number of allylic oxidation sites excluding steroid dienone is 2. The van der Waals surface area contributed by atoms with Crippen LogP contribution in [0.15, 0.2) is 72.0 Å². The molecule has 2 aromatic carbocycles. The number of nitriles is 1. The first-order valence-electron chi connectivity index (χ1n) is 8.61. The second kappa shape index (κ2) is 8.33. The monoisotopic (exact) mass is 363 g/mol. The predicted octanol–water partition coefficient (Wildman–Crippen LogP) is 4.71. The van der Waals surface area contributed by atoms with Crippen molar-refractivity contribution < 1.29 is 18.7 Å². The molecule has 0 fully saturated rings. The number of ether oxygens (including phenoxy) is 2. The quantitative estimate of drug-likeness (QED) is 0.722. The Kier molecular flexibility index (Phi) is 5.68. The smallest absolute Gasteiger partial charge is 0.313 e. The van der Waals surface area contributed by atoms with E-state index in [0.29, 0.717) is 22.7 Å². The third-order valence-electron chi connectivity index (χ3n) is 4.15. The van der Waals surface area contributed by atoms with Crippen molar-refractivity contribution in [3.05, 3.63) is 88.9 Å². The van der Waals surface area contributed by atoms with Crippen molar-refractivity contribution in [1.82, 2.24) is 0 Å². The molecule has 3 rings (SSSR count). The standard InChI is InChI=1S/C22H18FNO3/c1-2-26-21(25)13-18-12-19(15-6-4-3-5-7-15)20(14-24)22(27-18)16-8-10-17(23)11-9-16/h3-12,19H,2,13H2,1H3/t19-/m1/s1. The summed E-state index contributed by atoms with van der Waals surface area (Å²) < 4.78 is 24.2. The molecule has 2 aromatic rings. The fourth-order valence-electron chi connectivity index (χ4n) is 2.94. The second-order valence-electron chi connectivity index (χ2n) is 5.97. The molecule has 0 bridgehead atoms. The lowest BCUT2D eigenvalue weighted by molar-refractivity contribution is -0.142. The van der Waals surface area contributed by atoms with Gasteiger partial charge in [0.1, 0.15) is 23.8 Å². The van der Waals surface area contributed by atoms with Crippen LogP contribution in [0.3, 0.4) is 0 Å². The van der Waals surface area contributed by atoms with Gasteiger partial charge in [-0.15, -0.1) is 0 Å². The number of rotatable bonds is 5. The zero-order valence-electron chi connectivity index (χ0n) is 14.8. The number of hydrogen-bond acceptors (Lipinski definition) is 4. The van der Waals surface area contributed by atoms with Gasteiger partial charge in [-0.1, -0.05) is 30.3 Å². The number of nitrogens with zero attached hydrogens (tertiary/aromatic N) is 1. The molecule has 0 N–H and O–H groups in total. The molecule has 0 radical (unpaired) electrons. The maximum absolute atomic E-state index is 13.3. The van der Waals surface area contributed by atoms with Crippen LogP contribution in [-0.4, -0.2) is 12.6 Å². The van der Waals surface area contributed by atoms with Crippen LogP contribution in [0.2, 0.25) is 0 Å². The molecule has 0 saturated heterocycles. The van der Waals surface area contributed by atoms with Crippen LogP contribution >= 0.6 is 0 Å². The summed E-state index contributed by atoms with van der Waals surface area (Å²) in [5, 5.41) is 9.78. The highest BCUT2D eigenvalue weighted by molar-refractivity contribution is 5.76. The van der Waals surface area contributed by atoms with Gasteiger partial charge in [0.2, 0.25) is 0 Å². The average Bonchev–Trinajstić information content (AvgIpc) is 2.69. The first-order valence-corrected chi connectivity index (χ1v) is 8.61. The minimum Gasteiger partial charge on any atom is -0.466 e. The summed E-state index contributed by atoms with van der Waals surface area (Å²) in [6.07, 6.45) is 1.72. The predicted molar refractivity (Wildman–Crippen MR) is 98.5 cm³/mol. The third kappa shape index (κ3) is 4.24. The molecule has 1 aliphatic rings. The molecule has 0 amide bonds. The molecular weight excluding hydrogens is 345 g/mol. The maximum atomic E-state index is 13.3. The van der Waals surface area contributed by atoms with Crippen molar-refractivity contribution in [1.29, 1.82) is 5.26 Å². The molecule has 1 heterocycles. The fourth-order valence-corrected chi connectivity index (χ4v) is 2.94. The molecule has 5 heteroatoms. The lowest BCUT2D eigenvalue weighted by atomic mass is 9.87. The van der Waals surface area contributed by atoms with E-state index < -0.39 is 5.97 Å². The van der Waals surface area contributed by atoms with Gasteiger partial charge in [0, 0.05) is 11.5 Å². The van der Waals surface area contributed by atoms with Crippen LogP contribution in [0, 0.1) is 17.1 Å². The van der Waals surface area contributed by atoms with Gasteiger partial charge in [0.15, 0.2) is 0 Å². The van der Waals surface area contributed by atoms with Gasteiger partial charge in [-0.2, -0.15) is 5.26 Å². The van der Waals surface area contributed by atoms with Crippen molar-refractivity contribution in [2.45, 2.75) is 19.3 Å². The van der Waals surface area contributed by atoms with Gasteiger partial charge in [-0.25, -0.2) is 4.39 Å². The summed E-state index contributed by atoms with van der Waals surface area (Å²) in [6, 6.07) is 17.4. The molecule has 1 atom stereocenters. The van der Waals surface area contributed by atoms with E-state index in [1.165, 1.54) is 12.1 Å². The van der Waals surface area contributed by atoms with E-state index in [2.05, 4.69) is 6.07 Å². The Bertz CT molecular complexity index is 924. The summed E-state index contributed by atoms with van der Waals surface area (Å²) in [4.78, 5) is 11.9. The second-order valence-corrected chi connectivity index (χ2v) is 5.97. The van der Waals surface area contributed by atoms with Crippen molar-refractivity contribution >= 4 is 11.7 Å². The van der Waals surface area contributed by atoms with Gasteiger partial charge < -0.3 is 9.47 Å². The summed E-state index contributed by atoms with van der Waals surface area (Å²) in [5.74, 6) is -0.423. The fraction of sp³-hybridized carbons (Fsp3) is 0.182. The number of esters is 1. The molecule has 4 nitrogen and oxygen atoms in total. The molecule has 0 spiro atoms. The van der Waals surface area contributed by atoms with Crippen LogP contribution in [0.25, 0.3) is 5.76 Å². The van der Waals surface area contributed by atoms with E-state index in [9.17, 15) is 14.4 Å². The Morgan fingerprint density at radius 3 is 2.52 bits per heavy atom. The normalized spacial score (nSPS) is 16.2. The van der Waals surface area contributed by atoms with E-state index in [4.69, 9.17) is 9.47 Å². The van der Waals surface area contributed by atoms with Crippen LogP contribution < -0.4 is 0 Å². The molecule has 0 aromatic heterocycles. The summed E-state index contributed by atoms with van der Waals surface area (Å²) in [7, 11) is 0. The number of carbonyl (C=O) groups is 1. The van der Waals surface area contributed by atoms with Gasteiger partial charge in [-0.05, 0) is 42.8 Å². The molecule has 136 valence electrons. The first-order chi connectivity index (χ1) is 13.1. The Morgan fingerprint density at radius 1 is 1.19 bits per heavy atom. The van der Waals surface area contributed by atoms with Gasteiger partial charge in [-0.3, -0.25) is 4.79 Å². The average molecular weight is 363 g/mol. The SMILES string of the molecule is CCOC(=O)CC1=C[C@H](c2ccccc2)C(C#N)=C(c2ccc(F)cc2)O1. The van der Waals surface area contributed by atoms with E-state index in [1.807, 2.05) is 30.3 Å². The van der Waals surface area contributed by atoms with Crippen molar-refractivity contribution in [2.24, 2.45) is 0 Å². The molecule has 0 aliphatic carbocycles. The number of carbonyl (C=O) groups excluding carboxylic acids is 1. The first kappa shape index (κ1) is 18.4. The Morgan fingerprint density at radius 2 is 1.89 bits per heavy atom. The van der Waals surface area contributed by atoms with Gasteiger partial charge >= 0.3 is 5.97 Å². The van der Waals surface area contributed by atoms with Crippen LogP contribution in [0.1, 0.15) is 30.4 Å². The van der Waals surface area contributed by atoms with Crippen LogP contribution in [0.5, 0.6) is 0 Å². The zero-order valence-corrected chi connectivity index (χ0v) is 14.8. The van der Waals surface area contributed by atoms with Crippen LogP contribution in [0.4, 0.5) is 4.39 Å². The topological polar surface area (TPSA) is 59.3 Å². The number of hydrogen-bond donors (Lipinski definition) is 0. The zero-order chi connectivity index (χ0) is 19.2. The van der Waals surface area contributed by atoms with E-state index >= 15 is 0 Å². The minimum absolute atomic E-state index is 0.0411. The minimum atomic E-state index is -0.408. The lowest BCUT2D eigenvalue weighted by Gasteiger charge is -2.25. The summed E-state index contributed by atoms with van der Waals surface area (Å²) >= 11 is 0. The Labute approximate surface area is 157 Å².